The van der Waals surface area contributed by atoms with Crippen molar-refractivity contribution in [2.75, 3.05) is 11.9 Å². The molecule has 0 heterocycles. The topological polar surface area (TPSA) is 35.8 Å². The van der Waals surface area contributed by atoms with Crippen LogP contribution in [0.1, 0.15) is 30.9 Å². The normalized spacial score (nSPS) is 9.50. The predicted molar refractivity (Wildman–Crippen MR) is 59.3 cm³/mol. The molecule has 2 heteroatoms. The summed E-state index contributed by atoms with van der Waals surface area (Å²) in [7, 11) is 0. The van der Waals surface area contributed by atoms with E-state index in [2.05, 4.69) is 18.3 Å². The summed E-state index contributed by atoms with van der Waals surface area (Å²) < 4.78 is 0. The Kier molecular flexibility index (Phi) is 4.00. The van der Waals surface area contributed by atoms with E-state index in [0.29, 0.717) is 0 Å². The highest BCUT2D eigenvalue weighted by molar-refractivity contribution is 5.62. The van der Waals surface area contributed by atoms with Gasteiger partial charge in [0.25, 0.3) is 0 Å². The predicted octanol–water partition coefficient (Wildman–Crippen LogP) is 3.08. The summed E-state index contributed by atoms with van der Waals surface area (Å²) in [5.74, 6) is 0. The van der Waals surface area contributed by atoms with Gasteiger partial charge in [0.1, 0.15) is 6.07 Å². The van der Waals surface area contributed by atoms with E-state index in [4.69, 9.17) is 5.26 Å². The van der Waals surface area contributed by atoms with E-state index in [-0.39, 0.29) is 0 Å². The quantitative estimate of drug-likeness (QED) is 0.737. The zero-order valence-electron chi connectivity index (χ0n) is 8.80. The maximum absolute atomic E-state index is 8.91. The van der Waals surface area contributed by atoms with Crippen molar-refractivity contribution in [1.29, 1.82) is 5.26 Å². The molecule has 0 spiro atoms. The molecule has 0 amide bonds. The van der Waals surface area contributed by atoms with Gasteiger partial charge in [-0.25, -0.2) is 0 Å². The standard InChI is InChI=1S/C12H16N2/c1-3-4-8-14-12-10(2)6-5-7-11(12)9-13/h5-7,14H,3-4,8H2,1-2H3. The number of anilines is 1. The van der Waals surface area contributed by atoms with E-state index in [1.165, 1.54) is 6.42 Å². The first-order valence-corrected chi connectivity index (χ1v) is 5.03. The fourth-order valence-electron chi connectivity index (χ4n) is 1.39. The molecule has 1 aromatic rings. The number of nitrogens with zero attached hydrogens (tertiary/aromatic N) is 1. The number of benzene rings is 1. The fraction of sp³-hybridized carbons (Fsp3) is 0.417. The molecule has 0 aromatic heterocycles. The van der Waals surface area contributed by atoms with E-state index >= 15 is 0 Å². The van der Waals surface area contributed by atoms with Crippen molar-refractivity contribution in [2.45, 2.75) is 26.7 Å². The summed E-state index contributed by atoms with van der Waals surface area (Å²) in [6.07, 6.45) is 2.31. The van der Waals surface area contributed by atoms with Crippen molar-refractivity contribution in [3.05, 3.63) is 29.3 Å². The first kappa shape index (κ1) is 10.6. The molecule has 0 atom stereocenters. The zero-order chi connectivity index (χ0) is 10.4. The Labute approximate surface area is 85.6 Å². The van der Waals surface area contributed by atoms with Gasteiger partial charge in [0, 0.05) is 6.54 Å². The SMILES string of the molecule is CCCCNc1c(C)cccc1C#N. The Balaban J connectivity index is 2.78. The Hall–Kier alpha value is -1.49. The lowest BCUT2D eigenvalue weighted by molar-refractivity contribution is 0.833. The van der Waals surface area contributed by atoms with Crippen LogP contribution in [0.15, 0.2) is 18.2 Å². The Bertz CT molecular complexity index is 337. The largest absolute Gasteiger partial charge is 0.384 e. The molecule has 74 valence electrons. The van der Waals surface area contributed by atoms with Gasteiger partial charge in [0.15, 0.2) is 0 Å². The van der Waals surface area contributed by atoms with Gasteiger partial charge >= 0.3 is 0 Å². The minimum Gasteiger partial charge on any atom is -0.384 e. The van der Waals surface area contributed by atoms with Gasteiger partial charge in [-0.3, -0.25) is 0 Å². The molecular weight excluding hydrogens is 172 g/mol. The van der Waals surface area contributed by atoms with Crippen LogP contribution in [-0.2, 0) is 0 Å². The van der Waals surface area contributed by atoms with E-state index in [0.717, 1.165) is 29.8 Å². The Morgan fingerprint density at radius 2 is 2.21 bits per heavy atom. The number of aryl methyl sites for hydroxylation is 1. The first-order chi connectivity index (χ1) is 6.79. The minimum atomic E-state index is 0.737. The third kappa shape index (κ3) is 2.50. The molecule has 1 aromatic carbocycles. The molecule has 1 N–H and O–H groups in total. The van der Waals surface area contributed by atoms with Gasteiger partial charge < -0.3 is 5.32 Å². The van der Waals surface area contributed by atoms with E-state index in [1.54, 1.807) is 0 Å². The summed E-state index contributed by atoms with van der Waals surface area (Å²) in [5, 5.41) is 12.2. The molecule has 0 saturated heterocycles. The first-order valence-electron chi connectivity index (χ1n) is 5.03. The Morgan fingerprint density at radius 1 is 1.43 bits per heavy atom. The van der Waals surface area contributed by atoms with E-state index in [9.17, 15) is 0 Å². The van der Waals surface area contributed by atoms with Gasteiger partial charge in [-0.05, 0) is 25.0 Å². The van der Waals surface area contributed by atoms with Crippen molar-refractivity contribution in [2.24, 2.45) is 0 Å². The van der Waals surface area contributed by atoms with Gasteiger partial charge in [-0.1, -0.05) is 25.5 Å². The number of para-hydroxylation sites is 1. The van der Waals surface area contributed by atoms with Gasteiger partial charge in [0.2, 0.25) is 0 Å². The average Bonchev–Trinajstić information content (AvgIpc) is 2.20. The highest BCUT2D eigenvalue weighted by Crippen LogP contribution is 2.19. The summed E-state index contributed by atoms with van der Waals surface area (Å²) in [5.41, 5.74) is 2.87. The molecule has 0 bridgehead atoms. The van der Waals surface area contributed by atoms with E-state index in [1.807, 2.05) is 25.1 Å². The maximum atomic E-state index is 8.91. The molecule has 0 radical (unpaired) electrons. The molecule has 0 aliphatic rings. The number of rotatable bonds is 4. The lowest BCUT2D eigenvalue weighted by Crippen LogP contribution is -2.04. The second-order valence-corrected chi connectivity index (χ2v) is 3.39. The van der Waals surface area contributed by atoms with Crippen molar-refractivity contribution in [1.82, 2.24) is 0 Å². The minimum absolute atomic E-state index is 0.737. The van der Waals surface area contributed by atoms with Crippen LogP contribution in [0.5, 0.6) is 0 Å². The third-order valence-corrected chi connectivity index (χ3v) is 2.23. The van der Waals surface area contributed by atoms with Crippen molar-refractivity contribution in [3.8, 4) is 6.07 Å². The van der Waals surface area contributed by atoms with Crippen LogP contribution < -0.4 is 5.32 Å². The van der Waals surface area contributed by atoms with Crippen LogP contribution in [0.2, 0.25) is 0 Å². The molecule has 0 saturated carbocycles. The van der Waals surface area contributed by atoms with Crippen molar-refractivity contribution < 1.29 is 0 Å². The lowest BCUT2D eigenvalue weighted by Gasteiger charge is -2.10. The maximum Gasteiger partial charge on any atom is 0.101 e. The molecule has 0 aliphatic heterocycles. The van der Waals surface area contributed by atoms with Crippen LogP contribution in [0, 0.1) is 18.3 Å². The fourth-order valence-corrected chi connectivity index (χ4v) is 1.39. The Morgan fingerprint density at radius 3 is 2.86 bits per heavy atom. The van der Waals surface area contributed by atoms with Crippen molar-refractivity contribution in [3.63, 3.8) is 0 Å². The van der Waals surface area contributed by atoms with Crippen LogP contribution in [-0.4, -0.2) is 6.54 Å². The number of nitrogens with one attached hydrogen (secondary N) is 1. The molecule has 1 rings (SSSR count). The van der Waals surface area contributed by atoms with Crippen LogP contribution in [0.4, 0.5) is 5.69 Å². The van der Waals surface area contributed by atoms with Gasteiger partial charge in [-0.15, -0.1) is 0 Å². The highest BCUT2D eigenvalue weighted by Gasteiger charge is 2.02. The number of hydrogen-bond acceptors (Lipinski definition) is 2. The lowest BCUT2D eigenvalue weighted by atomic mass is 10.1. The smallest absolute Gasteiger partial charge is 0.101 e. The summed E-state index contributed by atoms with van der Waals surface area (Å²) in [6, 6.07) is 7.99. The van der Waals surface area contributed by atoms with Crippen molar-refractivity contribution >= 4 is 5.69 Å². The average molecular weight is 188 g/mol. The molecule has 14 heavy (non-hydrogen) atoms. The van der Waals surface area contributed by atoms with Crippen LogP contribution >= 0.6 is 0 Å². The van der Waals surface area contributed by atoms with E-state index < -0.39 is 0 Å². The van der Waals surface area contributed by atoms with Crippen LogP contribution in [0.3, 0.4) is 0 Å². The molecule has 0 unspecified atom stereocenters. The van der Waals surface area contributed by atoms with Gasteiger partial charge in [0.05, 0.1) is 11.3 Å². The monoisotopic (exact) mass is 188 g/mol. The number of hydrogen-bond donors (Lipinski definition) is 1. The number of nitriles is 1. The summed E-state index contributed by atoms with van der Waals surface area (Å²) in [6.45, 7) is 5.12. The summed E-state index contributed by atoms with van der Waals surface area (Å²) in [4.78, 5) is 0. The van der Waals surface area contributed by atoms with Gasteiger partial charge in [-0.2, -0.15) is 5.26 Å². The molecule has 2 nitrogen and oxygen atoms in total. The number of unbranched alkanes of at least 4 members (excludes halogenated alkanes) is 1. The molecule has 0 aliphatic carbocycles. The second kappa shape index (κ2) is 5.29. The third-order valence-electron chi connectivity index (χ3n) is 2.23. The van der Waals surface area contributed by atoms with Crippen LogP contribution in [0.25, 0.3) is 0 Å². The molecule has 0 fully saturated rings. The second-order valence-electron chi connectivity index (χ2n) is 3.39. The molecular formula is C12H16N2. The summed E-state index contributed by atoms with van der Waals surface area (Å²) >= 11 is 0. The highest BCUT2D eigenvalue weighted by atomic mass is 14.9. The zero-order valence-corrected chi connectivity index (χ0v) is 8.80.